The maximum absolute atomic E-state index is 12.7. The molecule has 0 aromatic rings. The number of rotatable bonds is 44. The molecule has 344 valence electrons. The van der Waals surface area contributed by atoms with E-state index in [9.17, 15) is 14.3 Å². The van der Waals surface area contributed by atoms with Crippen LogP contribution in [0.3, 0.4) is 0 Å². The molecule has 2 unspecified atom stereocenters. The lowest BCUT2D eigenvalue weighted by Crippen LogP contribution is -2.37. The van der Waals surface area contributed by atoms with E-state index in [0.29, 0.717) is 24.1 Å². The Morgan fingerprint density at radius 3 is 1.46 bits per heavy atom. The van der Waals surface area contributed by atoms with E-state index in [2.05, 4.69) is 74.6 Å². The third-order valence-electron chi connectivity index (χ3n) is 10.0. The van der Waals surface area contributed by atoms with Crippen molar-refractivity contribution in [2.45, 2.75) is 200 Å². The molecule has 0 amide bonds. The van der Waals surface area contributed by atoms with Gasteiger partial charge in [-0.15, -0.1) is 0 Å². The Balaban J connectivity index is 4.19. The highest BCUT2D eigenvalue weighted by Gasteiger charge is 2.26. The van der Waals surface area contributed by atoms with Crippen LogP contribution in [0.4, 0.5) is 0 Å². The van der Waals surface area contributed by atoms with E-state index in [4.69, 9.17) is 18.5 Å². The lowest BCUT2D eigenvalue weighted by atomic mass is 10.1. The molecule has 0 aliphatic carbocycles. The SMILES string of the molecule is CCC/C=C\C/C=C\CCCCCCCCOCC(COP(=O)(O)OCC[N+](C)(C)C)OC(=O)CCCCCCCCCC/C=C\C/C=C\C/C=C\CCCCCCC. The summed E-state index contributed by atoms with van der Waals surface area (Å²) in [6.07, 6.45) is 54.0. The van der Waals surface area contributed by atoms with Crippen LogP contribution in [0.2, 0.25) is 0 Å². The maximum Gasteiger partial charge on any atom is 0.472 e. The average Bonchev–Trinajstić information content (AvgIpc) is 3.19. The van der Waals surface area contributed by atoms with Crippen molar-refractivity contribution in [1.29, 1.82) is 0 Å². The van der Waals surface area contributed by atoms with E-state index in [1.165, 1.54) is 103 Å². The number of quaternary nitrogens is 1. The zero-order chi connectivity index (χ0) is 43.4. The molecular formula is C50H93NO7P+. The highest BCUT2D eigenvalue weighted by molar-refractivity contribution is 7.47. The van der Waals surface area contributed by atoms with Crippen molar-refractivity contribution in [3.05, 3.63) is 60.8 Å². The Hall–Kier alpha value is -1.80. The summed E-state index contributed by atoms with van der Waals surface area (Å²) in [5.74, 6) is -0.326. The van der Waals surface area contributed by atoms with Crippen molar-refractivity contribution in [2.24, 2.45) is 0 Å². The quantitative estimate of drug-likeness (QED) is 0.0215. The number of likely N-dealkylation sites (N-methyl/N-ethyl adjacent to an activating group) is 1. The summed E-state index contributed by atoms with van der Waals surface area (Å²) in [6, 6.07) is 0. The van der Waals surface area contributed by atoms with Crippen molar-refractivity contribution in [3.63, 3.8) is 0 Å². The van der Waals surface area contributed by atoms with Gasteiger partial charge in [0.15, 0.2) is 0 Å². The van der Waals surface area contributed by atoms with E-state index in [1.807, 2.05) is 21.1 Å². The van der Waals surface area contributed by atoms with Gasteiger partial charge < -0.3 is 18.9 Å². The molecule has 0 saturated carbocycles. The van der Waals surface area contributed by atoms with Crippen LogP contribution in [0.15, 0.2) is 60.8 Å². The number of carbonyl (C=O) groups is 1. The van der Waals surface area contributed by atoms with Crippen LogP contribution < -0.4 is 0 Å². The molecule has 1 N–H and O–H groups in total. The fourth-order valence-electron chi connectivity index (χ4n) is 6.30. The second-order valence-corrected chi connectivity index (χ2v) is 18.6. The molecule has 0 spiro atoms. The number of nitrogens with zero attached hydrogens (tertiary/aromatic N) is 1. The van der Waals surface area contributed by atoms with Crippen molar-refractivity contribution in [3.8, 4) is 0 Å². The summed E-state index contributed by atoms with van der Waals surface area (Å²) < 4.78 is 35.0. The van der Waals surface area contributed by atoms with Gasteiger partial charge >= 0.3 is 13.8 Å². The third-order valence-corrected chi connectivity index (χ3v) is 11.0. The summed E-state index contributed by atoms with van der Waals surface area (Å²) in [4.78, 5) is 22.9. The molecule has 0 aromatic heterocycles. The number of unbranched alkanes of at least 4 members (excludes halogenated alkanes) is 20. The number of hydrogen-bond donors (Lipinski definition) is 1. The monoisotopic (exact) mass is 851 g/mol. The van der Waals surface area contributed by atoms with Crippen LogP contribution in [-0.4, -0.2) is 75.6 Å². The molecule has 0 rings (SSSR count). The first-order valence-electron chi connectivity index (χ1n) is 24.0. The first-order valence-corrected chi connectivity index (χ1v) is 25.5. The fraction of sp³-hybridized carbons (Fsp3) is 0.780. The molecule has 0 saturated heterocycles. The summed E-state index contributed by atoms with van der Waals surface area (Å²) >= 11 is 0. The number of carbonyl (C=O) groups excluding carboxylic acids is 1. The Kier molecular flexibility index (Phi) is 41.6. The molecule has 2 atom stereocenters. The summed E-state index contributed by atoms with van der Waals surface area (Å²) in [5.41, 5.74) is 0. The van der Waals surface area contributed by atoms with E-state index in [-0.39, 0.29) is 25.8 Å². The minimum absolute atomic E-state index is 0.0823. The number of phosphoric acid groups is 1. The molecule has 0 bridgehead atoms. The molecule has 0 radical (unpaired) electrons. The number of hydrogen-bond acceptors (Lipinski definition) is 6. The number of allylic oxidation sites excluding steroid dienone is 10. The van der Waals surface area contributed by atoms with Crippen LogP contribution in [0.1, 0.15) is 194 Å². The Morgan fingerprint density at radius 1 is 0.525 bits per heavy atom. The van der Waals surface area contributed by atoms with Crippen molar-refractivity contribution in [1.82, 2.24) is 0 Å². The molecule has 0 aromatic carbocycles. The fourth-order valence-corrected chi connectivity index (χ4v) is 7.04. The smallest absolute Gasteiger partial charge is 0.457 e. The standard InChI is InChI=1S/C50H92NO7P/c1-6-8-10-12-14-16-18-20-22-23-24-25-26-27-28-29-30-31-33-35-37-39-41-43-50(52)58-49(48-57-59(53,54)56-46-44-51(3,4)5)47-55-45-42-40-38-36-34-32-21-19-17-15-13-11-9-7-2/h11,13,17-20,23-24,26-27,49H,6-10,12,14-16,21-22,25,28-48H2,1-5H3/p+1/b13-11-,19-17-,20-18-,24-23-,27-26-. The van der Waals surface area contributed by atoms with Crippen molar-refractivity contribution < 1.29 is 37.3 Å². The van der Waals surface area contributed by atoms with Gasteiger partial charge in [-0.2, -0.15) is 0 Å². The van der Waals surface area contributed by atoms with Gasteiger partial charge in [-0.3, -0.25) is 13.8 Å². The van der Waals surface area contributed by atoms with Crippen LogP contribution in [0, 0.1) is 0 Å². The van der Waals surface area contributed by atoms with Crippen molar-refractivity contribution >= 4 is 13.8 Å². The molecule has 0 aliphatic rings. The van der Waals surface area contributed by atoms with Crippen LogP contribution in [0.5, 0.6) is 0 Å². The normalized spacial score (nSPS) is 14.2. The predicted octanol–water partition coefficient (Wildman–Crippen LogP) is 14.5. The lowest BCUT2D eigenvalue weighted by Gasteiger charge is -2.24. The van der Waals surface area contributed by atoms with Gasteiger partial charge in [0.2, 0.25) is 0 Å². The van der Waals surface area contributed by atoms with E-state index in [1.54, 1.807) is 0 Å². The second kappa shape index (κ2) is 42.9. The van der Waals surface area contributed by atoms with Crippen LogP contribution in [0.25, 0.3) is 0 Å². The van der Waals surface area contributed by atoms with E-state index < -0.39 is 13.9 Å². The Bertz CT molecular complexity index is 1130. The number of phosphoric ester groups is 1. The minimum Gasteiger partial charge on any atom is -0.457 e. The van der Waals surface area contributed by atoms with Gasteiger partial charge in [-0.25, -0.2) is 4.57 Å². The topological polar surface area (TPSA) is 91.3 Å². The highest BCUT2D eigenvalue weighted by Crippen LogP contribution is 2.43. The number of esters is 1. The largest absolute Gasteiger partial charge is 0.472 e. The first-order chi connectivity index (χ1) is 28.6. The summed E-state index contributed by atoms with van der Waals surface area (Å²) in [5, 5.41) is 0. The zero-order valence-electron chi connectivity index (χ0n) is 39.0. The van der Waals surface area contributed by atoms with Gasteiger partial charge in [0.25, 0.3) is 0 Å². The minimum atomic E-state index is -4.28. The van der Waals surface area contributed by atoms with Gasteiger partial charge in [0, 0.05) is 13.0 Å². The predicted molar refractivity (Wildman–Crippen MR) is 252 cm³/mol. The lowest BCUT2D eigenvalue weighted by molar-refractivity contribution is -0.870. The second-order valence-electron chi connectivity index (χ2n) is 17.1. The van der Waals surface area contributed by atoms with Crippen molar-refractivity contribution in [2.75, 3.05) is 54.1 Å². The van der Waals surface area contributed by atoms with Gasteiger partial charge in [-0.1, -0.05) is 171 Å². The van der Waals surface area contributed by atoms with Gasteiger partial charge in [-0.05, 0) is 77.0 Å². The van der Waals surface area contributed by atoms with Gasteiger partial charge in [0.1, 0.15) is 19.3 Å². The Labute approximate surface area is 364 Å². The summed E-state index contributed by atoms with van der Waals surface area (Å²) in [7, 11) is 1.65. The molecule has 0 heterocycles. The third kappa shape index (κ3) is 47.1. The molecule has 0 aliphatic heterocycles. The molecular weight excluding hydrogens is 758 g/mol. The highest BCUT2D eigenvalue weighted by atomic mass is 31.2. The van der Waals surface area contributed by atoms with Crippen LogP contribution in [-0.2, 0) is 27.9 Å². The first kappa shape index (κ1) is 57.2. The average molecular weight is 851 g/mol. The van der Waals surface area contributed by atoms with E-state index >= 15 is 0 Å². The Morgan fingerprint density at radius 2 is 0.966 bits per heavy atom. The number of ether oxygens (including phenoxy) is 2. The molecule has 9 heteroatoms. The van der Waals surface area contributed by atoms with Gasteiger partial charge in [0.05, 0.1) is 34.4 Å². The van der Waals surface area contributed by atoms with E-state index in [0.717, 1.165) is 70.6 Å². The molecule has 8 nitrogen and oxygen atoms in total. The van der Waals surface area contributed by atoms with Crippen LogP contribution >= 0.6 is 7.82 Å². The maximum atomic E-state index is 12.7. The molecule has 59 heavy (non-hydrogen) atoms. The molecule has 0 fully saturated rings. The summed E-state index contributed by atoms with van der Waals surface area (Å²) in [6.45, 7) is 5.51. The zero-order valence-corrected chi connectivity index (χ0v) is 39.9.